The molecule has 1 aliphatic carbocycles. The number of hydrogen-bond acceptors (Lipinski definition) is 2. The van der Waals surface area contributed by atoms with E-state index in [9.17, 15) is 4.79 Å². The number of nitrogens with zero attached hydrogens (tertiary/aromatic N) is 1. The lowest BCUT2D eigenvalue weighted by molar-refractivity contribution is -0.137. The predicted molar refractivity (Wildman–Crippen MR) is 120 cm³/mol. The molecular formula is C26H29NO2. The van der Waals surface area contributed by atoms with E-state index in [0.717, 1.165) is 45.3 Å². The van der Waals surface area contributed by atoms with Crippen molar-refractivity contribution >= 4 is 23.7 Å². The fraction of sp³-hybridized carbons (Fsp3) is 0.346. The molecule has 3 nitrogen and oxygen atoms in total. The smallest absolute Gasteiger partial charge is 0.303 e. The van der Waals surface area contributed by atoms with Crippen molar-refractivity contribution in [3.63, 3.8) is 0 Å². The second kappa shape index (κ2) is 9.23. The van der Waals surface area contributed by atoms with Crippen LogP contribution in [0.3, 0.4) is 0 Å². The van der Waals surface area contributed by atoms with E-state index in [1.165, 1.54) is 27.8 Å². The lowest BCUT2D eigenvalue weighted by Crippen LogP contribution is -2.34. The first-order valence-electron chi connectivity index (χ1n) is 10.7. The lowest BCUT2D eigenvalue weighted by Gasteiger charge is -2.31. The van der Waals surface area contributed by atoms with E-state index in [4.69, 9.17) is 5.11 Å². The summed E-state index contributed by atoms with van der Waals surface area (Å²) in [5.41, 5.74) is 6.49. The maximum absolute atomic E-state index is 10.8. The Morgan fingerprint density at radius 3 is 2.14 bits per heavy atom. The first kappa shape index (κ1) is 19.7. The Morgan fingerprint density at radius 2 is 1.55 bits per heavy atom. The number of carbonyl (C=O) groups is 1. The van der Waals surface area contributed by atoms with Crippen molar-refractivity contribution in [2.75, 3.05) is 19.6 Å². The largest absolute Gasteiger partial charge is 0.481 e. The van der Waals surface area contributed by atoms with Crippen LogP contribution in [0.15, 0.2) is 54.6 Å². The van der Waals surface area contributed by atoms with Crippen molar-refractivity contribution in [1.82, 2.24) is 4.90 Å². The number of hydrogen-bond donors (Lipinski definition) is 1. The lowest BCUT2D eigenvalue weighted by atomic mass is 9.91. The topological polar surface area (TPSA) is 40.5 Å². The minimum atomic E-state index is -0.669. The molecule has 0 spiro atoms. The quantitative estimate of drug-likeness (QED) is 0.601. The van der Waals surface area contributed by atoms with Gasteiger partial charge in [0.1, 0.15) is 0 Å². The van der Waals surface area contributed by atoms with Gasteiger partial charge in [-0.15, -0.1) is 0 Å². The number of rotatable bonds is 6. The second-order valence-corrected chi connectivity index (χ2v) is 8.13. The molecule has 0 amide bonds. The van der Waals surface area contributed by atoms with Gasteiger partial charge in [0.15, 0.2) is 0 Å². The number of piperidine rings is 1. The van der Waals surface area contributed by atoms with Crippen LogP contribution in [0.1, 0.15) is 54.4 Å². The zero-order chi connectivity index (χ0) is 20.1. The maximum atomic E-state index is 10.8. The van der Waals surface area contributed by atoms with Crippen LogP contribution < -0.4 is 0 Å². The van der Waals surface area contributed by atoms with Crippen LogP contribution >= 0.6 is 0 Å². The van der Waals surface area contributed by atoms with Gasteiger partial charge in [-0.05, 0) is 72.5 Å². The van der Waals surface area contributed by atoms with Crippen LogP contribution in [0.4, 0.5) is 0 Å². The summed E-state index contributed by atoms with van der Waals surface area (Å²) in [6.45, 7) is 3.23. The molecule has 1 heterocycles. The van der Waals surface area contributed by atoms with Crippen molar-refractivity contribution in [2.45, 2.75) is 32.1 Å². The van der Waals surface area contributed by atoms with Crippen molar-refractivity contribution < 1.29 is 9.90 Å². The molecule has 2 aliphatic rings. The average molecular weight is 388 g/mol. The number of fused-ring (bicyclic) bond motifs is 2. The van der Waals surface area contributed by atoms with Gasteiger partial charge < -0.3 is 10.0 Å². The van der Waals surface area contributed by atoms with Gasteiger partial charge in [0.25, 0.3) is 0 Å². The first-order chi connectivity index (χ1) is 14.2. The summed E-state index contributed by atoms with van der Waals surface area (Å²) in [5, 5.41) is 8.87. The molecule has 1 saturated heterocycles. The molecule has 1 aliphatic heterocycles. The number of likely N-dealkylation sites (tertiary alicyclic amines) is 1. The third kappa shape index (κ3) is 4.86. The Balaban J connectivity index is 1.43. The van der Waals surface area contributed by atoms with Gasteiger partial charge in [-0.2, -0.15) is 0 Å². The molecule has 4 rings (SSSR count). The molecule has 2 aromatic rings. The average Bonchev–Trinajstić information content (AvgIpc) is 2.90. The second-order valence-electron chi connectivity index (χ2n) is 8.13. The van der Waals surface area contributed by atoms with Gasteiger partial charge in [-0.25, -0.2) is 0 Å². The predicted octanol–water partition coefficient (Wildman–Crippen LogP) is 5.57. The van der Waals surface area contributed by atoms with E-state index in [1.807, 2.05) is 0 Å². The van der Waals surface area contributed by atoms with E-state index in [0.29, 0.717) is 12.3 Å². The highest BCUT2D eigenvalue weighted by molar-refractivity contribution is 5.93. The summed E-state index contributed by atoms with van der Waals surface area (Å²) in [6.07, 6.45) is 11.3. The molecule has 0 radical (unpaired) electrons. The molecule has 0 atom stereocenters. The van der Waals surface area contributed by atoms with Crippen LogP contribution in [0, 0.1) is 5.92 Å². The molecule has 2 aromatic carbocycles. The number of carboxylic acid groups (broad SMARTS) is 1. The van der Waals surface area contributed by atoms with Crippen LogP contribution in [-0.2, 0) is 4.79 Å². The van der Waals surface area contributed by atoms with Crippen molar-refractivity contribution in [2.24, 2.45) is 5.92 Å². The molecule has 0 saturated carbocycles. The number of carboxylic acids is 1. The van der Waals surface area contributed by atoms with E-state index in [-0.39, 0.29) is 0 Å². The standard InChI is InChI=1S/C26H29NO2/c28-26(29)14-11-20-15-18-27(19-16-20)17-5-10-25-23-8-3-1-6-21(23)12-13-22-7-2-4-9-24(22)25/h1-4,6-10,12-13,20H,5,11,14-19H2,(H,28,29). The summed E-state index contributed by atoms with van der Waals surface area (Å²) in [6, 6.07) is 17.3. The van der Waals surface area contributed by atoms with Crippen LogP contribution in [0.2, 0.25) is 0 Å². The molecule has 29 heavy (non-hydrogen) atoms. The Kier molecular flexibility index (Phi) is 6.26. The zero-order valence-electron chi connectivity index (χ0n) is 16.9. The van der Waals surface area contributed by atoms with Gasteiger partial charge in [0.05, 0.1) is 0 Å². The fourth-order valence-electron chi connectivity index (χ4n) is 4.54. The van der Waals surface area contributed by atoms with Crippen LogP contribution in [0.5, 0.6) is 0 Å². The molecule has 150 valence electrons. The van der Waals surface area contributed by atoms with Gasteiger partial charge >= 0.3 is 5.97 Å². The molecule has 0 bridgehead atoms. The summed E-state index contributed by atoms with van der Waals surface area (Å²) in [4.78, 5) is 13.3. The third-order valence-corrected chi connectivity index (χ3v) is 6.21. The fourth-order valence-corrected chi connectivity index (χ4v) is 4.54. The molecule has 1 fully saturated rings. The first-order valence-corrected chi connectivity index (χ1v) is 10.7. The summed E-state index contributed by atoms with van der Waals surface area (Å²) in [5.74, 6) is -0.0927. The van der Waals surface area contributed by atoms with E-state index >= 15 is 0 Å². The summed E-state index contributed by atoms with van der Waals surface area (Å²) >= 11 is 0. The highest BCUT2D eigenvalue weighted by Crippen LogP contribution is 2.34. The van der Waals surface area contributed by atoms with Crippen LogP contribution in [0.25, 0.3) is 17.7 Å². The molecule has 0 unspecified atom stereocenters. The Bertz CT molecular complexity index is 868. The van der Waals surface area contributed by atoms with Gasteiger partial charge in [-0.1, -0.05) is 66.8 Å². The monoisotopic (exact) mass is 387 g/mol. The normalized spacial score (nSPS) is 16.8. The van der Waals surface area contributed by atoms with Gasteiger partial charge in [0.2, 0.25) is 0 Å². The highest BCUT2D eigenvalue weighted by atomic mass is 16.4. The Labute approximate surface area is 173 Å². The Hall–Kier alpha value is -2.65. The molecular weight excluding hydrogens is 358 g/mol. The zero-order valence-corrected chi connectivity index (χ0v) is 16.9. The van der Waals surface area contributed by atoms with Gasteiger partial charge in [-0.3, -0.25) is 4.79 Å². The molecule has 3 heteroatoms. The van der Waals surface area contributed by atoms with E-state index in [2.05, 4.69) is 71.7 Å². The maximum Gasteiger partial charge on any atom is 0.303 e. The van der Waals surface area contributed by atoms with Crippen molar-refractivity contribution in [3.8, 4) is 0 Å². The molecule has 1 N–H and O–H groups in total. The minimum absolute atomic E-state index is 0.309. The number of aliphatic carboxylic acids is 1. The highest BCUT2D eigenvalue weighted by Gasteiger charge is 2.20. The van der Waals surface area contributed by atoms with Crippen molar-refractivity contribution in [3.05, 3.63) is 76.9 Å². The SMILES string of the molecule is O=C(O)CCC1CCN(CCC=C2c3ccccc3C=Cc3ccccc32)CC1. The Morgan fingerprint density at radius 1 is 0.966 bits per heavy atom. The van der Waals surface area contributed by atoms with Crippen molar-refractivity contribution in [1.29, 1.82) is 0 Å². The molecule has 0 aromatic heterocycles. The van der Waals surface area contributed by atoms with Gasteiger partial charge in [0, 0.05) is 13.0 Å². The van der Waals surface area contributed by atoms with E-state index in [1.54, 1.807) is 0 Å². The van der Waals surface area contributed by atoms with Crippen LogP contribution in [-0.4, -0.2) is 35.6 Å². The summed E-state index contributed by atoms with van der Waals surface area (Å²) < 4.78 is 0. The third-order valence-electron chi connectivity index (χ3n) is 6.21. The number of benzene rings is 2. The van der Waals surface area contributed by atoms with E-state index < -0.39 is 5.97 Å². The summed E-state index contributed by atoms with van der Waals surface area (Å²) in [7, 11) is 0. The minimum Gasteiger partial charge on any atom is -0.481 e.